The fourth-order valence-corrected chi connectivity index (χ4v) is 1.67. The van der Waals surface area contributed by atoms with Crippen molar-refractivity contribution in [2.45, 2.75) is 30.3 Å². The van der Waals surface area contributed by atoms with E-state index in [0.29, 0.717) is 11.3 Å². The molecule has 12 heavy (non-hydrogen) atoms. The van der Waals surface area contributed by atoms with Crippen molar-refractivity contribution >= 4 is 11.8 Å². The van der Waals surface area contributed by atoms with Gasteiger partial charge >= 0.3 is 0 Å². The van der Waals surface area contributed by atoms with Gasteiger partial charge in [-0.25, -0.2) is 4.98 Å². The quantitative estimate of drug-likeness (QED) is 0.686. The van der Waals surface area contributed by atoms with Crippen molar-refractivity contribution in [3.63, 3.8) is 0 Å². The highest BCUT2D eigenvalue weighted by molar-refractivity contribution is 7.99. The van der Waals surface area contributed by atoms with Crippen LogP contribution in [0.1, 0.15) is 13.8 Å². The second-order valence-electron chi connectivity index (χ2n) is 2.69. The smallest absolute Gasteiger partial charge is 0.183 e. The van der Waals surface area contributed by atoms with Crippen molar-refractivity contribution in [1.29, 1.82) is 0 Å². The van der Waals surface area contributed by atoms with Crippen molar-refractivity contribution in [2.75, 3.05) is 7.05 Å². The van der Waals surface area contributed by atoms with Gasteiger partial charge in [0.25, 0.3) is 0 Å². The first-order chi connectivity index (χ1) is 5.74. The lowest BCUT2D eigenvalue weighted by Gasteiger charge is -2.16. The number of hydrogen-bond donors (Lipinski definition) is 2. The van der Waals surface area contributed by atoms with Gasteiger partial charge in [-0.3, -0.25) is 5.10 Å². The van der Waals surface area contributed by atoms with E-state index in [1.807, 2.05) is 7.05 Å². The summed E-state index contributed by atoms with van der Waals surface area (Å²) in [4.78, 5) is 4.04. The summed E-state index contributed by atoms with van der Waals surface area (Å²) in [5, 5.41) is 11.2. The molecule has 0 aliphatic rings. The van der Waals surface area contributed by atoms with Crippen LogP contribution in [-0.4, -0.2) is 33.5 Å². The number of thioether (sulfide) groups is 1. The molecule has 0 spiro atoms. The molecule has 0 bridgehead atoms. The van der Waals surface area contributed by atoms with Crippen molar-refractivity contribution in [3.8, 4) is 0 Å². The summed E-state index contributed by atoms with van der Waals surface area (Å²) >= 11 is 1.69. The first kappa shape index (κ1) is 9.54. The van der Waals surface area contributed by atoms with Gasteiger partial charge in [-0.2, -0.15) is 5.10 Å². The Kier molecular flexibility index (Phi) is 3.55. The summed E-state index contributed by atoms with van der Waals surface area (Å²) in [6.07, 6.45) is 1.53. The Balaban J connectivity index is 2.41. The van der Waals surface area contributed by atoms with Gasteiger partial charge in [-0.1, -0.05) is 18.7 Å². The standard InChI is InChI=1S/C7H14N4S/c1-5(8-3)6(2)12-7-9-4-10-11-7/h4-6,8H,1-3H3,(H,9,10,11). The van der Waals surface area contributed by atoms with Gasteiger partial charge in [0.1, 0.15) is 6.33 Å². The highest BCUT2D eigenvalue weighted by atomic mass is 32.2. The maximum atomic E-state index is 4.04. The molecule has 2 unspecified atom stereocenters. The minimum Gasteiger partial charge on any atom is -0.316 e. The third-order valence-corrected chi connectivity index (χ3v) is 3.05. The van der Waals surface area contributed by atoms with Gasteiger partial charge in [-0.05, 0) is 14.0 Å². The van der Waals surface area contributed by atoms with E-state index in [2.05, 4.69) is 34.3 Å². The lowest BCUT2D eigenvalue weighted by atomic mass is 10.3. The number of rotatable bonds is 4. The van der Waals surface area contributed by atoms with Crippen molar-refractivity contribution in [2.24, 2.45) is 0 Å². The van der Waals surface area contributed by atoms with Crippen LogP contribution in [0.4, 0.5) is 0 Å². The second-order valence-corrected chi connectivity index (χ2v) is 4.06. The molecule has 0 aliphatic carbocycles. The lowest BCUT2D eigenvalue weighted by Crippen LogP contribution is -2.30. The average molecular weight is 186 g/mol. The minimum absolute atomic E-state index is 0.472. The van der Waals surface area contributed by atoms with E-state index >= 15 is 0 Å². The number of aromatic nitrogens is 3. The molecular formula is C7H14N4S. The van der Waals surface area contributed by atoms with E-state index in [4.69, 9.17) is 0 Å². The Bertz CT molecular complexity index is 211. The van der Waals surface area contributed by atoms with Crippen LogP contribution in [0.2, 0.25) is 0 Å². The molecule has 0 aromatic carbocycles. The van der Waals surface area contributed by atoms with Crippen LogP contribution in [0.5, 0.6) is 0 Å². The molecule has 2 N–H and O–H groups in total. The minimum atomic E-state index is 0.472. The Hall–Kier alpha value is -0.550. The topological polar surface area (TPSA) is 53.6 Å². The first-order valence-corrected chi connectivity index (χ1v) is 4.81. The normalized spacial score (nSPS) is 15.9. The maximum absolute atomic E-state index is 4.04. The van der Waals surface area contributed by atoms with Crippen LogP contribution >= 0.6 is 11.8 Å². The lowest BCUT2D eigenvalue weighted by molar-refractivity contribution is 0.604. The van der Waals surface area contributed by atoms with Crippen molar-refractivity contribution in [1.82, 2.24) is 20.5 Å². The zero-order chi connectivity index (χ0) is 8.97. The maximum Gasteiger partial charge on any atom is 0.183 e. The molecule has 0 radical (unpaired) electrons. The highest BCUT2D eigenvalue weighted by Gasteiger charge is 2.12. The average Bonchev–Trinajstić information content (AvgIpc) is 2.55. The molecule has 68 valence electrons. The number of nitrogens with one attached hydrogen (secondary N) is 2. The van der Waals surface area contributed by atoms with E-state index in [1.54, 1.807) is 11.8 Å². The summed E-state index contributed by atoms with van der Waals surface area (Å²) in [7, 11) is 1.96. The monoisotopic (exact) mass is 186 g/mol. The van der Waals surface area contributed by atoms with Crippen LogP contribution in [0.3, 0.4) is 0 Å². The number of hydrogen-bond acceptors (Lipinski definition) is 4. The summed E-state index contributed by atoms with van der Waals surface area (Å²) in [5.74, 6) is 0. The molecule has 4 nitrogen and oxygen atoms in total. The van der Waals surface area contributed by atoms with Gasteiger partial charge in [0.2, 0.25) is 0 Å². The fourth-order valence-electron chi connectivity index (χ4n) is 0.764. The summed E-state index contributed by atoms with van der Waals surface area (Å²) in [6.45, 7) is 4.31. The molecular weight excluding hydrogens is 172 g/mol. The molecule has 0 fully saturated rings. The van der Waals surface area contributed by atoms with Gasteiger partial charge in [0.15, 0.2) is 5.16 Å². The highest BCUT2D eigenvalue weighted by Crippen LogP contribution is 2.20. The van der Waals surface area contributed by atoms with Gasteiger partial charge in [0.05, 0.1) is 0 Å². The first-order valence-electron chi connectivity index (χ1n) is 3.93. The Morgan fingerprint density at radius 2 is 2.33 bits per heavy atom. The van der Waals surface area contributed by atoms with Crippen molar-refractivity contribution in [3.05, 3.63) is 6.33 Å². The molecule has 0 amide bonds. The molecule has 1 aromatic heterocycles. The molecule has 0 aliphatic heterocycles. The molecule has 0 saturated heterocycles. The van der Waals surface area contributed by atoms with E-state index in [1.165, 1.54) is 6.33 Å². The summed E-state index contributed by atoms with van der Waals surface area (Å²) < 4.78 is 0. The number of aromatic amines is 1. The zero-order valence-corrected chi connectivity index (χ0v) is 8.35. The predicted octanol–water partition coefficient (Wildman–Crippen LogP) is 0.893. The third-order valence-electron chi connectivity index (χ3n) is 1.85. The predicted molar refractivity (Wildman–Crippen MR) is 50.2 cm³/mol. The zero-order valence-electron chi connectivity index (χ0n) is 7.53. The Labute approximate surface area is 76.5 Å². The molecule has 5 heteroatoms. The number of nitrogens with zero attached hydrogens (tertiary/aromatic N) is 2. The van der Waals surface area contributed by atoms with Crippen LogP contribution in [0.25, 0.3) is 0 Å². The molecule has 2 atom stereocenters. The molecule has 1 rings (SSSR count). The van der Waals surface area contributed by atoms with Gasteiger partial charge in [0, 0.05) is 11.3 Å². The van der Waals surface area contributed by atoms with Crippen LogP contribution in [0.15, 0.2) is 11.5 Å². The molecule has 1 aromatic rings. The van der Waals surface area contributed by atoms with E-state index < -0.39 is 0 Å². The van der Waals surface area contributed by atoms with Gasteiger partial charge < -0.3 is 5.32 Å². The van der Waals surface area contributed by atoms with E-state index in [9.17, 15) is 0 Å². The molecule has 1 heterocycles. The molecule has 0 saturated carbocycles. The number of H-pyrrole nitrogens is 1. The Morgan fingerprint density at radius 1 is 1.58 bits per heavy atom. The summed E-state index contributed by atoms with van der Waals surface area (Å²) in [5.41, 5.74) is 0. The van der Waals surface area contributed by atoms with Gasteiger partial charge in [-0.15, -0.1) is 0 Å². The van der Waals surface area contributed by atoms with Crippen LogP contribution < -0.4 is 5.32 Å². The third kappa shape index (κ3) is 2.49. The fraction of sp³-hybridized carbons (Fsp3) is 0.714. The van der Waals surface area contributed by atoms with Crippen LogP contribution in [-0.2, 0) is 0 Å². The Morgan fingerprint density at radius 3 is 2.83 bits per heavy atom. The van der Waals surface area contributed by atoms with Crippen LogP contribution in [0, 0.1) is 0 Å². The SMILES string of the molecule is CNC(C)C(C)Sc1ncn[nH]1. The largest absolute Gasteiger partial charge is 0.316 e. The van der Waals surface area contributed by atoms with Crippen molar-refractivity contribution < 1.29 is 0 Å². The summed E-state index contributed by atoms with van der Waals surface area (Å²) in [6, 6.07) is 0.472. The second kappa shape index (κ2) is 4.47. The van der Waals surface area contributed by atoms with E-state index in [-0.39, 0.29) is 0 Å². The van der Waals surface area contributed by atoms with E-state index in [0.717, 1.165) is 5.16 Å².